The van der Waals surface area contributed by atoms with Crippen LogP contribution in [0.5, 0.6) is 0 Å². The lowest BCUT2D eigenvalue weighted by atomic mass is 9.85. The molecular weight excluding hydrogens is 544 g/mol. The maximum Gasteiger partial charge on any atom is 0.316 e. The predicted octanol–water partition coefficient (Wildman–Crippen LogP) is 1.59. The van der Waals surface area contributed by atoms with E-state index in [2.05, 4.69) is 27.5 Å². The largest absolute Gasteiger partial charge is 0.478 e. The summed E-state index contributed by atoms with van der Waals surface area (Å²) in [6.07, 6.45) is 4.42. The molecule has 0 aromatic rings. The number of nitrogens with two attached hydrogens (primary N) is 1. The Morgan fingerprint density at radius 1 is 1.02 bits per heavy atom. The molecule has 5 amide bonds. The second kappa shape index (κ2) is 16.6. The molecule has 13 nitrogen and oxygen atoms in total. The number of nitrogens with one attached hydrogen (secondary N) is 3. The first-order chi connectivity index (χ1) is 19.7. The molecule has 0 bridgehead atoms. The van der Waals surface area contributed by atoms with Crippen LogP contribution in [0.3, 0.4) is 0 Å². The molecule has 3 unspecified atom stereocenters. The quantitative estimate of drug-likeness (QED) is 0.142. The minimum atomic E-state index is -1.12. The number of primary amides is 1. The van der Waals surface area contributed by atoms with Gasteiger partial charge in [0.2, 0.25) is 23.4 Å². The van der Waals surface area contributed by atoms with E-state index < -0.39 is 64.9 Å². The molecule has 236 valence electrons. The zero-order chi connectivity index (χ0) is 32.2. The molecule has 0 spiro atoms. The molecule has 4 atom stereocenters. The van der Waals surface area contributed by atoms with Gasteiger partial charge in [0.25, 0.3) is 11.8 Å². The van der Waals surface area contributed by atoms with Crippen molar-refractivity contribution in [3.05, 3.63) is 12.8 Å². The monoisotopic (exact) mass is 592 g/mol. The standard InChI is InChI=1S/C27H42N6O7.C2H6/c1-7-16(20(35)24(40-6)29-8-2)31-26(39)32-21(27(3,4)5)25(38)33-13-9-10-18(33)23(37)30-17(14-15-11-12-15)19(34)22(28)36;1-2/h8,15-18,21H,2,7,9-14H2,1,3-6H3,(H2,28,36)(H,30,37)(H2,31,32,39);1-2H3/t16?,17?,18-,21?;/m0./s1. The maximum atomic E-state index is 13.7. The molecule has 42 heavy (non-hydrogen) atoms. The lowest BCUT2D eigenvalue weighted by Crippen LogP contribution is -2.61. The van der Waals surface area contributed by atoms with Gasteiger partial charge < -0.3 is 31.3 Å². The topological polar surface area (TPSA) is 189 Å². The molecule has 1 aliphatic heterocycles. The van der Waals surface area contributed by atoms with E-state index in [1.165, 1.54) is 12.0 Å². The van der Waals surface area contributed by atoms with E-state index >= 15 is 0 Å². The van der Waals surface area contributed by atoms with Gasteiger partial charge in [0.05, 0.1) is 19.2 Å². The summed E-state index contributed by atoms with van der Waals surface area (Å²) in [5, 5.41) is 7.87. The number of methoxy groups -OCH3 is 1. The Balaban J connectivity index is 0.00000431. The third-order valence-electron chi connectivity index (χ3n) is 7.01. The number of amides is 5. The van der Waals surface area contributed by atoms with E-state index in [0.29, 0.717) is 19.3 Å². The summed E-state index contributed by atoms with van der Waals surface area (Å²) >= 11 is 0. The van der Waals surface area contributed by atoms with E-state index in [-0.39, 0.29) is 24.8 Å². The lowest BCUT2D eigenvalue weighted by Gasteiger charge is -2.36. The van der Waals surface area contributed by atoms with Crippen molar-refractivity contribution in [3.8, 4) is 0 Å². The van der Waals surface area contributed by atoms with Gasteiger partial charge in [0.1, 0.15) is 12.1 Å². The SMILES string of the molecule is C=CN=C(OC)C(=O)C(CC)NC(=O)NC(C(=O)N1CCC[C@H]1C(=O)NC(CC1CC1)C(=O)C(N)=O)C(C)(C)C.CC. The van der Waals surface area contributed by atoms with Crippen molar-refractivity contribution in [1.29, 1.82) is 0 Å². The fourth-order valence-electron chi connectivity index (χ4n) is 4.61. The van der Waals surface area contributed by atoms with Crippen molar-refractivity contribution < 1.29 is 33.5 Å². The van der Waals surface area contributed by atoms with E-state index in [1.807, 2.05) is 13.8 Å². The maximum absolute atomic E-state index is 13.7. The number of hydrogen-bond acceptors (Lipinski definition) is 8. The first-order valence-electron chi connectivity index (χ1n) is 14.5. The molecule has 1 saturated carbocycles. The van der Waals surface area contributed by atoms with Gasteiger partial charge in [0.15, 0.2) is 0 Å². The third kappa shape index (κ3) is 10.3. The number of Topliss-reactive ketones (excluding diaryl/α,β-unsaturated/α-hetero) is 2. The Bertz CT molecular complexity index is 1050. The van der Waals surface area contributed by atoms with Crippen molar-refractivity contribution in [1.82, 2.24) is 20.9 Å². The Kier molecular flexibility index (Phi) is 14.3. The minimum Gasteiger partial charge on any atom is -0.478 e. The summed E-state index contributed by atoms with van der Waals surface area (Å²) in [7, 11) is 1.28. The van der Waals surface area contributed by atoms with Crippen LogP contribution >= 0.6 is 0 Å². The molecule has 0 radical (unpaired) electrons. The first kappa shape index (κ1) is 36.3. The van der Waals surface area contributed by atoms with Gasteiger partial charge >= 0.3 is 6.03 Å². The van der Waals surface area contributed by atoms with Gasteiger partial charge in [-0.3, -0.25) is 24.0 Å². The minimum absolute atomic E-state index is 0.216. The molecule has 1 aliphatic carbocycles. The molecule has 0 aromatic heterocycles. The highest BCUT2D eigenvalue weighted by Gasteiger charge is 2.43. The molecule has 13 heteroatoms. The fourth-order valence-corrected chi connectivity index (χ4v) is 4.61. The van der Waals surface area contributed by atoms with Gasteiger partial charge in [-0.1, -0.05) is 61.0 Å². The van der Waals surface area contributed by atoms with Crippen LogP contribution in [0, 0.1) is 11.3 Å². The molecule has 1 heterocycles. The smallest absolute Gasteiger partial charge is 0.316 e. The third-order valence-corrected chi connectivity index (χ3v) is 7.01. The summed E-state index contributed by atoms with van der Waals surface area (Å²) in [6, 6.07) is -4.69. The predicted molar refractivity (Wildman–Crippen MR) is 158 cm³/mol. The van der Waals surface area contributed by atoms with Crippen LogP contribution in [0.25, 0.3) is 0 Å². The van der Waals surface area contributed by atoms with Crippen LogP contribution in [0.1, 0.15) is 80.1 Å². The van der Waals surface area contributed by atoms with Gasteiger partial charge in [-0.25, -0.2) is 9.79 Å². The second-order valence-electron chi connectivity index (χ2n) is 11.2. The Labute approximate surface area is 248 Å². The van der Waals surface area contributed by atoms with Gasteiger partial charge in [0, 0.05) is 12.7 Å². The Morgan fingerprint density at radius 2 is 1.64 bits per heavy atom. The zero-order valence-electron chi connectivity index (χ0n) is 26.0. The highest BCUT2D eigenvalue weighted by atomic mass is 16.5. The summed E-state index contributed by atoms with van der Waals surface area (Å²) in [5.74, 6) is -3.54. The van der Waals surface area contributed by atoms with E-state index in [9.17, 15) is 28.8 Å². The number of likely N-dealkylation sites (tertiary alicyclic amines) is 1. The highest BCUT2D eigenvalue weighted by Crippen LogP contribution is 2.34. The number of ketones is 2. The van der Waals surface area contributed by atoms with Gasteiger partial charge in [-0.2, -0.15) is 0 Å². The summed E-state index contributed by atoms with van der Waals surface area (Å²) < 4.78 is 4.98. The molecule has 2 aliphatic rings. The number of urea groups is 1. The van der Waals surface area contributed by atoms with E-state index in [4.69, 9.17) is 10.5 Å². The number of ether oxygens (including phenoxy) is 1. The van der Waals surface area contributed by atoms with Crippen LogP contribution in [-0.4, -0.2) is 83.9 Å². The normalized spacial score (nSPS) is 18.8. The van der Waals surface area contributed by atoms with E-state index in [0.717, 1.165) is 19.0 Å². The summed E-state index contributed by atoms with van der Waals surface area (Å²) in [5.41, 5.74) is 4.42. The summed E-state index contributed by atoms with van der Waals surface area (Å²) in [4.78, 5) is 81.6. The van der Waals surface area contributed by atoms with Crippen LogP contribution in [0.4, 0.5) is 4.79 Å². The van der Waals surface area contributed by atoms with Crippen molar-refractivity contribution >= 4 is 41.2 Å². The lowest BCUT2D eigenvalue weighted by molar-refractivity contribution is -0.143. The van der Waals surface area contributed by atoms with Gasteiger partial charge in [-0.05, 0) is 37.0 Å². The molecule has 0 aromatic carbocycles. The number of carbonyl (C=O) groups is 6. The molecule has 1 saturated heterocycles. The van der Waals surface area contributed by atoms with Crippen LogP contribution < -0.4 is 21.7 Å². The highest BCUT2D eigenvalue weighted by molar-refractivity contribution is 6.38. The van der Waals surface area contributed by atoms with Crippen LogP contribution in [0.2, 0.25) is 0 Å². The summed E-state index contributed by atoms with van der Waals surface area (Å²) in [6.45, 7) is 14.7. The zero-order valence-corrected chi connectivity index (χ0v) is 26.0. The number of carbonyl (C=O) groups excluding carboxylic acids is 6. The molecular formula is C29H48N6O7. The Hall–Kier alpha value is -3.77. The van der Waals surface area contributed by atoms with Gasteiger partial charge in [-0.15, -0.1) is 0 Å². The second-order valence-corrected chi connectivity index (χ2v) is 11.2. The average molecular weight is 593 g/mol. The van der Waals surface area contributed by atoms with Crippen molar-refractivity contribution in [2.75, 3.05) is 13.7 Å². The fraction of sp³-hybridized carbons (Fsp3) is 0.690. The number of hydrogen-bond donors (Lipinski definition) is 4. The van der Waals surface area contributed by atoms with Crippen molar-refractivity contribution in [3.63, 3.8) is 0 Å². The van der Waals surface area contributed by atoms with Crippen molar-refractivity contribution in [2.45, 2.75) is 104 Å². The average Bonchev–Trinajstić information content (AvgIpc) is 3.63. The Morgan fingerprint density at radius 3 is 2.12 bits per heavy atom. The van der Waals surface area contributed by atoms with Crippen molar-refractivity contribution in [2.24, 2.45) is 22.1 Å². The van der Waals surface area contributed by atoms with Crippen LogP contribution in [-0.2, 0) is 28.7 Å². The van der Waals surface area contributed by atoms with Crippen LogP contribution in [0.15, 0.2) is 17.8 Å². The molecule has 2 fully saturated rings. The first-order valence-corrected chi connectivity index (χ1v) is 14.5. The number of aliphatic imine (C=N–C) groups is 1. The number of nitrogens with zero attached hydrogens (tertiary/aromatic N) is 2. The van der Waals surface area contributed by atoms with E-state index in [1.54, 1.807) is 27.7 Å². The number of rotatable bonds is 13. The molecule has 2 rings (SSSR count). The molecule has 5 N–H and O–H groups in total.